The van der Waals surface area contributed by atoms with E-state index in [1.807, 2.05) is 19.9 Å². The molecular formula is C13H14FNO. The van der Waals surface area contributed by atoms with E-state index in [0.29, 0.717) is 6.42 Å². The second-order valence-electron chi connectivity index (χ2n) is 3.99. The van der Waals surface area contributed by atoms with Gasteiger partial charge < -0.3 is 4.90 Å². The predicted molar refractivity (Wildman–Crippen MR) is 61.7 cm³/mol. The number of anilines is 1. The van der Waals surface area contributed by atoms with Crippen LogP contribution >= 0.6 is 0 Å². The molecule has 0 spiro atoms. The fraction of sp³-hybridized carbons (Fsp3) is 0.308. The van der Waals surface area contributed by atoms with Gasteiger partial charge >= 0.3 is 0 Å². The van der Waals surface area contributed by atoms with Gasteiger partial charge in [0.25, 0.3) is 0 Å². The smallest absolute Gasteiger partial charge is 0.229 e. The fourth-order valence-electron chi connectivity index (χ4n) is 1.90. The Kier molecular flexibility index (Phi) is 2.77. The average Bonchev–Trinajstić information content (AvgIpc) is 2.28. The van der Waals surface area contributed by atoms with Crippen molar-refractivity contribution >= 4 is 11.6 Å². The number of β-lactam (4-membered cyclic amide) rings is 1. The van der Waals surface area contributed by atoms with Gasteiger partial charge in [-0.15, -0.1) is 0 Å². The molecule has 3 heteroatoms. The molecule has 1 unspecified atom stereocenters. The largest absolute Gasteiger partial charge is 0.305 e. The molecule has 2 rings (SSSR count). The number of hydrogen-bond acceptors (Lipinski definition) is 1. The summed E-state index contributed by atoms with van der Waals surface area (Å²) in [5.41, 5.74) is 1.94. The number of rotatable bonds is 2. The molecule has 1 atom stereocenters. The van der Waals surface area contributed by atoms with Crippen LogP contribution in [0.4, 0.5) is 10.1 Å². The highest BCUT2D eigenvalue weighted by Crippen LogP contribution is 2.31. The maximum Gasteiger partial charge on any atom is 0.229 e. The van der Waals surface area contributed by atoms with Crippen molar-refractivity contribution < 1.29 is 9.18 Å². The Balaban J connectivity index is 2.25. The standard InChI is InChI=1S/C13H14FNO/c1-3-9(2)12-8-13(16)15(12)11-6-4-10(14)5-7-11/h3-7,12H,8H2,1-2H3/b9-3+. The molecule has 1 heterocycles. The molecule has 2 nitrogen and oxygen atoms in total. The number of hydrogen-bond donors (Lipinski definition) is 0. The van der Waals surface area contributed by atoms with Gasteiger partial charge in [-0.1, -0.05) is 11.6 Å². The third-order valence-electron chi connectivity index (χ3n) is 3.03. The summed E-state index contributed by atoms with van der Waals surface area (Å²) < 4.78 is 12.8. The third-order valence-corrected chi connectivity index (χ3v) is 3.03. The molecule has 84 valence electrons. The van der Waals surface area contributed by atoms with Crippen molar-refractivity contribution in [3.05, 3.63) is 41.7 Å². The van der Waals surface area contributed by atoms with E-state index in [-0.39, 0.29) is 17.8 Å². The molecule has 1 amide bonds. The summed E-state index contributed by atoms with van der Waals surface area (Å²) in [4.78, 5) is 13.3. The summed E-state index contributed by atoms with van der Waals surface area (Å²) in [6.07, 6.45) is 2.56. The summed E-state index contributed by atoms with van der Waals surface area (Å²) in [6.45, 7) is 3.97. The van der Waals surface area contributed by atoms with Crippen molar-refractivity contribution in [2.75, 3.05) is 4.90 Å². The van der Waals surface area contributed by atoms with Crippen LogP contribution in [0.2, 0.25) is 0 Å². The Hall–Kier alpha value is -1.64. The number of halogens is 1. The SMILES string of the molecule is C/C=C(\C)C1CC(=O)N1c1ccc(F)cc1. The highest BCUT2D eigenvalue weighted by Gasteiger charge is 2.37. The van der Waals surface area contributed by atoms with Crippen LogP contribution in [0.15, 0.2) is 35.9 Å². The number of nitrogens with zero attached hydrogens (tertiary/aromatic N) is 1. The normalized spacial score (nSPS) is 20.9. The molecule has 1 saturated heterocycles. The molecule has 16 heavy (non-hydrogen) atoms. The summed E-state index contributed by atoms with van der Waals surface area (Å²) in [5.74, 6) is -0.186. The summed E-state index contributed by atoms with van der Waals surface area (Å²) in [6, 6.07) is 6.18. The molecular weight excluding hydrogens is 205 g/mol. The molecule has 1 aromatic rings. The molecule has 0 N–H and O–H groups in total. The van der Waals surface area contributed by atoms with E-state index in [1.165, 1.54) is 17.7 Å². The lowest BCUT2D eigenvalue weighted by molar-refractivity contribution is -0.123. The van der Waals surface area contributed by atoms with Crippen LogP contribution in [0.1, 0.15) is 20.3 Å². The van der Waals surface area contributed by atoms with Crippen molar-refractivity contribution in [3.8, 4) is 0 Å². The number of carbonyl (C=O) groups excluding carboxylic acids is 1. The second-order valence-corrected chi connectivity index (χ2v) is 3.99. The molecule has 0 bridgehead atoms. The van der Waals surface area contributed by atoms with Crippen molar-refractivity contribution in [2.24, 2.45) is 0 Å². The highest BCUT2D eigenvalue weighted by atomic mass is 19.1. The van der Waals surface area contributed by atoms with Gasteiger partial charge in [-0.3, -0.25) is 4.79 Å². The molecule has 1 aliphatic rings. The first-order valence-corrected chi connectivity index (χ1v) is 5.34. The maximum absolute atomic E-state index is 12.8. The zero-order valence-corrected chi connectivity index (χ0v) is 9.40. The number of amides is 1. The Morgan fingerprint density at radius 3 is 2.56 bits per heavy atom. The van der Waals surface area contributed by atoms with E-state index < -0.39 is 0 Å². The summed E-state index contributed by atoms with van der Waals surface area (Å²) >= 11 is 0. The van der Waals surface area contributed by atoms with Crippen LogP contribution in [0.5, 0.6) is 0 Å². The van der Waals surface area contributed by atoms with E-state index in [9.17, 15) is 9.18 Å². The molecule has 0 aliphatic carbocycles. The van der Waals surface area contributed by atoms with Crippen molar-refractivity contribution in [3.63, 3.8) is 0 Å². The minimum Gasteiger partial charge on any atom is -0.305 e. The third kappa shape index (κ3) is 1.73. The molecule has 1 aromatic carbocycles. The molecule has 1 fully saturated rings. The zero-order chi connectivity index (χ0) is 11.7. The Bertz CT molecular complexity index is 436. The van der Waals surface area contributed by atoms with Crippen LogP contribution in [-0.4, -0.2) is 11.9 Å². The van der Waals surface area contributed by atoms with Gasteiger partial charge in [-0.25, -0.2) is 4.39 Å². The van der Waals surface area contributed by atoms with Crippen LogP contribution in [0, 0.1) is 5.82 Å². The first kappa shape index (κ1) is 10.9. The van der Waals surface area contributed by atoms with E-state index >= 15 is 0 Å². The van der Waals surface area contributed by atoms with Gasteiger partial charge in [0.05, 0.1) is 12.5 Å². The first-order chi connectivity index (χ1) is 7.63. The lowest BCUT2D eigenvalue weighted by Gasteiger charge is -2.41. The lowest BCUT2D eigenvalue weighted by Crippen LogP contribution is -2.53. The number of allylic oxidation sites excluding steroid dienone is 1. The maximum atomic E-state index is 12.8. The van der Waals surface area contributed by atoms with Crippen molar-refractivity contribution in [1.29, 1.82) is 0 Å². The quantitative estimate of drug-likeness (QED) is 0.553. The first-order valence-electron chi connectivity index (χ1n) is 5.34. The minimum absolute atomic E-state index is 0.0952. The topological polar surface area (TPSA) is 20.3 Å². The van der Waals surface area contributed by atoms with Gasteiger partial charge in [0, 0.05) is 5.69 Å². The number of carbonyl (C=O) groups is 1. The second kappa shape index (κ2) is 4.08. The monoisotopic (exact) mass is 219 g/mol. The van der Waals surface area contributed by atoms with Gasteiger partial charge in [0.2, 0.25) is 5.91 Å². The van der Waals surface area contributed by atoms with Crippen molar-refractivity contribution in [2.45, 2.75) is 26.3 Å². The Labute approximate surface area is 94.4 Å². The van der Waals surface area contributed by atoms with E-state index in [0.717, 1.165) is 5.69 Å². The van der Waals surface area contributed by atoms with E-state index in [2.05, 4.69) is 0 Å². The van der Waals surface area contributed by atoms with Gasteiger partial charge in [-0.2, -0.15) is 0 Å². The highest BCUT2D eigenvalue weighted by molar-refractivity contribution is 6.01. The minimum atomic E-state index is -0.281. The zero-order valence-electron chi connectivity index (χ0n) is 9.40. The fourth-order valence-corrected chi connectivity index (χ4v) is 1.90. The van der Waals surface area contributed by atoms with Gasteiger partial charge in [-0.05, 0) is 38.1 Å². The predicted octanol–water partition coefficient (Wildman–Crippen LogP) is 2.90. The molecule has 0 aromatic heterocycles. The van der Waals surface area contributed by atoms with Crippen LogP contribution < -0.4 is 4.90 Å². The molecule has 0 saturated carbocycles. The Morgan fingerprint density at radius 2 is 2.06 bits per heavy atom. The molecule has 0 radical (unpaired) electrons. The van der Waals surface area contributed by atoms with Gasteiger partial charge in [0.1, 0.15) is 5.82 Å². The summed E-state index contributed by atoms with van der Waals surface area (Å²) in [5, 5.41) is 0. The van der Waals surface area contributed by atoms with Crippen LogP contribution in [0.3, 0.4) is 0 Å². The summed E-state index contributed by atoms with van der Waals surface area (Å²) in [7, 11) is 0. The lowest BCUT2D eigenvalue weighted by atomic mass is 9.93. The van der Waals surface area contributed by atoms with E-state index in [4.69, 9.17) is 0 Å². The van der Waals surface area contributed by atoms with Crippen LogP contribution in [0.25, 0.3) is 0 Å². The van der Waals surface area contributed by atoms with Crippen LogP contribution in [-0.2, 0) is 4.79 Å². The Morgan fingerprint density at radius 1 is 1.44 bits per heavy atom. The van der Waals surface area contributed by atoms with Crippen molar-refractivity contribution in [1.82, 2.24) is 0 Å². The molecule has 1 aliphatic heterocycles. The average molecular weight is 219 g/mol. The van der Waals surface area contributed by atoms with E-state index in [1.54, 1.807) is 17.0 Å². The van der Waals surface area contributed by atoms with Gasteiger partial charge in [0.15, 0.2) is 0 Å². The number of benzene rings is 1.